The van der Waals surface area contributed by atoms with E-state index in [0.717, 1.165) is 5.56 Å². The SMILES string of the molecule is N#Cc1ccc([C@H](CO)CCl)cc1. The number of rotatable bonds is 3. The lowest BCUT2D eigenvalue weighted by Gasteiger charge is -2.09. The van der Waals surface area contributed by atoms with Crippen molar-refractivity contribution in [2.24, 2.45) is 0 Å². The Morgan fingerprint density at radius 3 is 2.38 bits per heavy atom. The van der Waals surface area contributed by atoms with Crippen LogP contribution < -0.4 is 0 Å². The van der Waals surface area contributed by atoms with Crippen LogP contribution in [0.25, 0.3) is 0 Å². The average molecular weight is 196 g/mol. The predicted octanol–water partition coefficient (Wildman–Crippen LogP) is 1.87. The van der Waals surface area contributed by atoms with Gasteiger partial charge in [0.15, 0.2) is 0 Å². The maximum Gasteiger partial charge on any atom is 0.0991 e. The lowest BCUT2D eigenvalue weighted by molar-refractivity contribution is 0.274. The van der Waals surface area contributed by atoms with E-state index in [1.54, 1.807) is 12.1 Å². The summed E-state index contributed by atoms with van der Waals surface area (Å²) in [6.45, 7) is 0.0371. The highest BCUT2D eigenvalue weighted by Crippen LogP contribution is 2.16. The molecule has 2 nitrogen and oxygen atoms in total. The summed E-state index contributed by atoms with van der Waals surface area (Å²) in [4.78, 5) is 0. The maximum atomic E-state index is 8.96. The summed E-state index contributed by atoms with van der Waals surface area (Å²) < 4.78 is 0. The minimum absolute atomic E-state index is 0.0330. The van der Waals surface area contributed by atoms with Gasteiger partial charge < -0.3 is 5.11 Å². The average Bonchev–Trinajstić information content (AvgIpc) is 2.21. The standard InChI is InChI=1S/C10H10ClNO/c11-5-10(7-13)9-3-1-8(6-12)2-4-9/h1-4,10,13H,5,7H2/t10-/m0/s1. The third-order valence-corrected chi connectivity index (χ3v) is 2.29. The maximum absolute atomic E-state index is 8.96. The summed E-state index contributed by atoms with van der Waals surface area (Å²) >= 11 is 5.65. The fourth-order valence-corrected chi connectivity index (χ4v) is 1.35. The largest absolute Gasteiger partial charge is 0.396 e. The first-order valence-corrected chi connectivity index (χ1v) is 4.52. The van der Waals surface area contributed by atoms with Crippen LogP contribution in [0.2, 0.25) is 0 Å². The van der Waals surface area contributed by atoms with Crippen LogP contribution in [0.1, 0.15) is 17.0 Å². The van der Waals surface area contributed by atoms with Crippen molar-refractivity contribution in [1.29, 1.82) is 5.26 Å². The molecule has 1 aromatic carbocycles. The number of hydrogen-bond acceptors (Lipinski definition) is 2. The van der Waals surface area contributed by atoms with Gasteiger partial charge in [0.1, 0.15) is 0 Å². The van der Waals surface area contributed by atoms with Gasteiger partial charge in [0.05, 0.1) is 18.2 Å². The van der Waals surface area contributed by atoms with E-state index in [4.69, 9.17) is 22.0 Å². The minimum Gasteiger partial charge on any atom is -0.396 e. The van der Waals surface area contributed by atoms with E-state index in [1.165, 1.54) is 0 Å². The van der Waals surface area contributed by atoms with E-state index in [9.17, 15) is 0 Å². The van der Waals surface area contributed by atoms with Crippen molar-refractivity contribution in [2.75, 3.05) is 12.5 Å². The van der Waals surface area contributed by atoms with Gasteiger partial charge in [0.2, 0.25) is 0 Å². The van der Waals surface area contributed by atoms with Crippen LogP contribution in [0, 0.1) is 11.3 Å². The molecule has 13 heavy (non-hydrogen) atoms. The van der Waals surface area contributed by atoms with Crippen molar-refractivity contribution in [2.45, 2.75) is 5.92 Å². The molecule has 0 bridgehead atoms. The molecule has 0 aliphatic heterocycles. The summed E-state index contributed by atoms with van der Waals surface area (Å²) in [5.41, 5.74) is 1.59. The second kappa shape index (κ2) is 4.86. The molecular weight excluding hydrogens is 186 g/mol. The molecule has 0 aliphatic rings. The van der Waals surface area contributed by atoms with Crippen molar-refractivity contribution in [3.05, 3.63) is 35.4 Å². The summed E-state index contributed by atoms with van der Waals surface area (Å²) in [7, 11) is 0. The van der Waals surface area contributed by atoms with Gasteiger partial charge in [0, 0.05) is 11.8 Å². The third-order valence-electron chi connectivity index (χ3n) is 1.92. The van der Waals surface area contributed by atoms with Crippen LogP contribution in [0.5, 0.6) is 0 Å². The number of nitriles is 1. The Balaban J connectivity index is 2.85. The lowest BCUT2D eigenvalue weighted by atomic mass is 10.0. The van der Waals surface area contributed by atoms with Gasteiger partial charge >= 0.3 is 0 Å². The zero-order valence-electron chi connectivity index (χ0n) is 7.07. The van der Waals surface area contributed by atoms with Crippen LogP contribution in [-0.4, -0.2) is 17.6 Å². The number of hydrogen-bond donors (Lipinski definition) is 1. The molecule has 3 heteroatoms. The number of aliphatic hydroxyl groups excluding tert-OH is 1. The van der Waals surface area contributed by atoms with Crippen LogP contribution in [0.4, 0.5) is 0 Å². The van der Waals surface area contributed by atoms with Crippen LogP contribution in [0.3, 0.4) is 0 Å². The third kappa shape index (κ3) is 2.45. The minimum atomic E-state index is -0.0330. The van der Waals surface area contributed by atoms with E-state index >= 15 is 0 Å². The molecule has 0 amide bonds. The predicted molar refractivity (Wildman–Crippen MR) is 51.7 cm³/mol. The zero-order chi connectivity index (χ0) is 9.68. The van der Waals surface area contributed by atoms with Gasteiger partial charge in [-0.05, 0) is 17.7 Å². The highest BCUT2D eigenvalue weighted by molar-refractivity contribution is 6.18. The van der Waals surface area contributed by atoms with Gasteiger partial charge in [-0.1, -0.05) is 12.1 Å². The Morgan fingerprint density at radius 2 is 2.00 bits per heavy atom. The summed E-state index contributed by atoms with van der Waals surface area (Å²) in [5, 5.41) is 17.5. The van der Waals surface area contributed by atoms with E-state index in [1.807, 2.05) is 18.2 Å². The fraction of sp³-hybridized carbons (Fsp3) is 0.300. The Bertz CT molecular complexity index is 298. The number of nitrogens with zero attached hydrogens (tertiary/aromatic N) is 1. The molecule has 0 spiro atoms. The molecule has 0 heterocycles. The molecule has 0 aliphatic carbocycles. The number of aliphatic hydroxyl groups is 1. The van der Waals surface area contributed by atoms with E-state index < -0.39 is 0 Å². The first-order chi connectivity index (χ1) is 6.31. The van der Waals surface area contributed by atoms with Crippen molar-refractivity contribution in [3.63, 3.8) is 0 Å². The van der Waals surface area contributed by atoms with Crippen molar-refractivity contribution >= 4 is 11.6 Å². The smallest absolute Gasteiger partial charge is 0.0991 e. The van der Waals surface area contributed by atoms with E-state index in [-0.39, 0.29) is 12.5 Å². The van der Waals surface area contributed by atoms with Crippen LogP contribution >= 0.6 is 11.6 Å². The molecule has 0 saturated carbocycles. The van der Waals surface area contributed by atoms with Crippen molar-refractivity contribution in [3.8, 4) is 6.07 Å². The Hall–Kier alpha value is -1.04. The fourth-order valence-electron chi connectivity index (χ4n) is 1.07. The molecule has 68 valence electrons. The van der Waals surface area contributed by atoms with Crippen LogP contribution in [-0.2, 0) is 0 Å². The first-order valence-electron chi connectivity index (χ1n) is 3.98. The zero-order valence-corrected chi connectivity index (χ0v) is 7.83. The highest BCUT2D eigenvalue weighted by atomic mass is 35.5. The Labute approximate surface area is 82.4 Å². The normalized spacial score (nSPS) is 12.1. The molecule has 0 saturated heterocycles. The Morgan fingerprint density at radius 1 is 1.38 bits per heavy atom. The first kappa shape index (κ1) is 10.0. The molecule has 0 aromatic heterocycles. The van der Waals surface area contributed by atoms with E-state index in [2.05, 4.69) is 0 Å². The van der Waals surface area contributed by atoms with Gasteiger partial charge in [-0.15, -0.1) is 11.6 Å². The molecule has 0 unspecified atom stereocenters. The quantitative estimate of drug-likeness (QED) is 0.749. The molecular formula is C10H10ClNO. The van der Waals surface area contributed by atoms with Crippen LogP contribution in [0.15, 0.2) is 24.3 Å². The van der Waals surface area contributed by atoms with Gasteiger partial charge in [-0.2, -0.15) is 5.26 Å². The Kier molecular flexibility index (Phi) is 3.75. The topological polar surface area (TPSA) is 44.0 Å². The highest BCUT2D eigenvalue weighted by Gasteiger charge is 2.07. The molecule has 1 N–H and O–H groups in total. The molecule has 0 fully saturated rings. The van der Waals surface area contributed by atoms with Gasteiger partial charge in [-0.3, -0.25) is 0 Å². The lowest BCUT2D eigenvalue weighted by Crippen LogP contribution is -2.05. The second-order valence-corrected chi connectivity index (χ2v) is 3.08. The number of halogens is 1. The monoisotopic (exact) mass is 195 g/mol. The van der Waals surface area contributed by atoms with Crippen molar-refractivity contribution < 1.29 is 5.11 Å². The summed E-state index contributed by atoms with van der Waals surface area (Å²) in [5.74, 6) is 0.358. The number of alkyl halides is 1. The van der Waals surface area contributed by atoms with E-state index in [0.29, 0.717) is 11.4 Å². The molecule has 1 atom stereocenters. The molecule has 0 radical (unpaired) electrons. The second-order valence-electron chi connectivity index (χ2n) is 2.77. The van der Waals surface area contributed by atoms with Crippen molar-refractivity contribution in [1.82, 2.24) is 0 Å². The summed E-state index contributed by atoms with van der Waals surface area (Å²) in [6, 6.07) is 9.13. The summed E-state index contributed by atoms with van der Waals surface area (Å²) in [6.07, 6.45) is 0. The number of benzene rings is 1. The van der Waals surface area contributed by atoms with Gasteiger partial charge in [-0.25, -0.2) is 0 Å². The molecule has 1 rings (SSSR count). The van der Waals surface area contributed by atoms with Gasteiger partial charge in [0.25, 0.3) is 0 Å². The molecule has 1 aromatic rings.